The number of amides is 2. The Balaban J connectivity index is 1.74. The average molecular weight is 413 g/mol. The molecule has 3 N–H and O–H groups in total. The van der Waals surface area contributed by atoms with Crippen LogP contribution in [0.3, 0.4) is 0 Å². The van der Waals surface area contributed by atoms with Crippen molar-refractivity contribution in [1.29, 1.82) is 0 Å². The van der Waals surface area contributed by atoms with E-state index in [2.05, 4.69) is 20.5 Å². The molecule has 0 saturated carbocycles. The van der Waals surface area contributed by atoms with Crippen LogP contribution in [-0.2, 0) is 6.54 Å². The number of carbonyl (C=O) groups excluding carboxylic acids is 1. The van der Waals surface area contributed by atoms with Gasteiger partial charge in [-0.2, -0.15) is 5.10 Å². The molecule has 0 saturated heterocycles. The van der Waals surface area contributed by atoms with E-state index in [-0.39, 0.29) is 37.4 Å². The minimum absolute atomic E-state index is 0.0634. The van der Waals surface area contributed by atoms with Crippen LogP contribution in [0, 0.1) is 11.7 Å². The van der Waals surface area contributed by atoms with Crippen molar-refractivity contribution in [2.45, 2.75) is 13.5 Å². The Morgan fingerprint density at radius 3 is 2.77 bits per heavy atom. The van der Waals surface area contributed by atoms with Gasteiger partial charge in [0, 0.05) is 43.2 Å². The van der Waals surface area contributed by atoms with Crippen LogP contribution in [0.5, 0.6) is 5.75 Å². The number of hydrogen-bond donors (Lipinski definition) is 3. The first kappa shape index (κ1) is 21.3. The third kappa shape index (κ3) is 5.12. The Morgan fingerprint density at radius 1 is 1.30 bits per heavy atom. The summed E-state index contributed by atoms with van der Waals surface area (Å²) in [5, 5.41) is 18.9. The zero-order valence-corrected chi connectivity index (χ0v) is 16.8. The van der Waals surface area contributed by atoms with E-state index in [1.807, 2.05) is 13.0 Å². The first-order valence-electron chi connectivity index (χ1n) is 9.45. The summed E-state index contributed by atoms with van der Waals surface area (Å²) >= 11 is 0. The van der Waals surface area contributed by atoms with E-state index in [4.69, 9.17) is 4.74 Å². The molecule has 0 bridgehead atoms. The summed E-state index contributed by atoms with van der Waals surface area (Å²) in [6.45, 7) is 2.25. The summed E-state index contributed by atoms with van der Waals surface area (Å²) in [5.74, 6) is -0.0364. The van der Waals surface area contributed by atoms with Gasteiger partial charge in [0.1, 0.15) is 5.82 Å². The third-order valence-corrected chi connectivity index (χ3v) is 4.57. The van der Waals surface area contributed by atoms with Gasteiger partial charge in [-0.25, -0.2) is 14.2 Å². The van der Waals surface area contributed by atoms with Gasteiger partial charge < -0.3 is 15.2 Å². The van der Waals surface area contributed by atoms with E-state index in [0.29, 0.717) is 11.4 Å². The highest BCUT2D eigenvalue weighted by Crippen LogP contribution is 2.21. The summed E-state index contributed by atoms with van der Waals surface area (Å²) in [6.07, 6.45) is 5.10. The van der Waals surface area contributed by atoms with Gasteiger partial charge >= 0.3 is 6.03 Å². The second kappa shape index (κ2) is 9.84. The number of anilines is 1. The number of methoxy groups -OCH3 is 1. The lowest BCUT2D eigenvalue weighted by molar-refractivity contribution is 0.229. The van der Waals surface area contributed by atoms with Crippen LogP contribution in [0.15, 0.2) is 48.9 Å². The molecule has 2 aromatic heterocycles. The topological polar surface area (TPSA) is 103 Å². The fraction of sp³-hybridized carbons (Fsp3) is 0.286. The quantitative estimate of drug-likeness (QED) is 0.527. The van der Waals surface area contributed by atoms with E-state index >= 15 is 0 Å². The molecule has 2 heterocycles. The van der Waals surface area contributed by atoms with Gasteiger partial charge in [-0.05, 0) is 35.7 Å². The van der Waals surface area contributed by atoms with E-state index in [9.17, 15) is 14.3 Å². The zero-order valence-electron chi connectivity index (χ0n) is 16.8. The first-order valence-corrected chi connectivity index (χ1v) is 9.45. The van der Waals surface area contributed by atoms with Crippen LogP contribution >= 0.6 is 0 Å². The van der Waals surface area contributed by atoms with Crippen LogP contribution < -0.4 is 15.0 Å². The van der Waals surface area contributed by atoms with Crippen molar-refractivity contribution in [3.05, 3.63) is 60.3 Å². The summed E-state index contributed by atoms with van der Waals surface area (Å²) in [6, 6.07) is 7.63. The number of nitrogens with zero attached hydrogens (tertiary/aromatic N) is 3. The van der Waals surface area contributed by atoms with E-state index < -0.39 is 5.82 Å². The number of rotatable bonds is 8. The van der Waals surface area contributed by atoms with Crippen molar-refractivity contribution in [1.82, 2.24) is 20.5 Å². The van der Waals surface area contributed by atoms with Crippen molar-refractivity contribution in [2.75, 3.05) is 25.2 Å². The van der Waals surface area contributed by atoms with E-state index in [1.165, 1.54) is 24.1 Å². The number of H-pyrrole nitrogens is 1. The van der Waals surface area contributed by atoms with Crippen LogP contribution in [0.1, 0.15) is 12.5 Å². The number of pyridine rings is 1. The molecular formula is C21H24FN5O3. The Labute approximate surface area is 173 Å². The van der Waals surface area contributed by atoms with Gasteiger partial charge in [0.05, 0.1) is 13.3 Å². The number of ether oxygens (including phenoxy) is 1. The predicted octanol–water partition coefficient (Wildman–Crippen LogP) is 2.96. The molecule has 0 fully saturated rings. The largest absolute Gasteiger partial charge is 0.494 e. The summed E-state index contributed by atoms with van der Waals surface area (Å²) in [5.41, 5.74) is 2.44. The molecule has 3 rings (SSSR count). The molecule has 1 aromatic carbocycles. The fourth-order valence-electron chi connectivity index (χ4n) is 2.86. The van der Waals surface area contributed by atoms with Crippen molar-refractivity contribution < 1.29 is 19.0 Å². The smallest absolute Gasteiger partial charge is 0.323 e. The van der Waals surface area contributed by atoms with Gasteiger partial charge in [0.25, 0.3) is 0 Å². The molecule has 2 amide bonds. The molecule has 0 aliphatic heterocycles. The number of hydrogen-bond acceptors (Lipinski definition) is 5. The van der Waals surface area contributed by atoms with Crippen molar-refractivity contribution >= 4 is 11.8 Å². The Hall–Kier alpha value is -3.46. The maximum atomic E-state index is 13.6. The van der Waals surface area contributed by atoms with Crippen LogP contribution in [-0.4, -0.2) is 46.6 Å². The zero-order chi connectivity index (χ0) is 21.5. The van der Waals surface area contributed by atoms with Crippen LogP contribution in [0.2, 0.25) is 0 Å². The average Bonchev–Trinajstić information content (AvgIpc) is 3.31. The molecule has 3 aromatic rings. The number of nitrogens with one attached hydrogen (secondary N) is 2. The number of urea groups is 1. The monoisotopic (exact) mass is 413 g/mol. The lowest BCUT2D eigenvalue weighted by Crippen LogP contribution is -2.43. The first-order chi connectivity index (χ1) is 14.5. The standard InChI is InChI=1S/C21H24FN5O3/c1-14(13-28)12-27(20-6-4-16(9-23-20)17-10-25-26-11-17)21(29)24-8-15-3-5-18(22)19(7-15)30-2/h3-7,9-11,14,28H,8,12-13H2,1-2H3,(H,24,29)(H,25,26)/t14-/m0/s1. The molecule has 8 nitrogen and oxygen atoms in total. The van der Waals surface area contributed by atoms with E-state index in [1.54, 1.807) is 30.7 Å². The number of carbonyl (C=O) groups is 1. The summed E-state index contributed by atoms with van der Waals surface area (Å²) in [7, 11) is 1.39. The van der Waals surface area contributed by atoms with Crippen LogP contribution in [0.4, 0.5) is 15.0 Å². The molecule has 0 aliphatic rings. The lowest BCUT2D eigenvalue weighted by atomic mass is 10.1. The number of aliphatic hydroxyl groups is 1. The molecule has 9 heteroatoms. The normalized spacial score (nSPS) is 11.7. The van der Waals surface area contributed by atoms with Crippen LogP contribution in [0.25, 0.3) is 11.1 Å². The molecule has 0 radical (unpaired) electrons. The minimum atomic E-state index is -0.465. The number of aromatic nitrogens is 3. The number of aliphatic hydroxyl groups excluding tert-OH is 1. The molecule has 0 aliphatic carbocycles. The third-order valence-electron chi connectivity index (χ3n) is 4.57. The second-order valence-corrected chi connectivity index (χ2v) is 6.92. The second-order valence-electron chi connectivity index (χ2n) is 6.92. The van der Waals surface area contributed by atoms with Crippen molar-refractivity contribution in [3.63, 3.8) is 0 Å². The fourth-order valence-corrected chi connectivity index (χ4v) is 2.86. The van der Waals surface area contributed by atoms with Crippen molar-refractivity contribution in [2.24, 2.45) is 5.92 Å². The molecule has 158 valence electrons. The Morgan fingerprint density at radius 2 is 2.13 bits per heavy atom. The van der Waals surface area contributed by atoms with Crippen molar-refractivity contribution in [3.8, 4) is 16.9 Å². The number of halogens is 1. The van der Waals surface area contributed by atoms with Gasteiger partial charge in [-0.1, -0.05) is 13.0 Å². The highest BCUT2D eigenvalue weighted by Gasteiger charge is 2.20. The number of benzene rings is 1. The van der Waals surface area contributed by atoms with Gasteiger partial charge in [0.2, 0.25) is 0 Å². The van der Waals surface area contributed by atoms with Gasteiger partial charge in [0.15, 0.2) is 11.6 Å². The highest BCUT2D eigenvalue weighted by atomic mass is 19.1. The molecular weight excluding hydrogens is 389 g/mol. The molecule has 1 atom stereocenters. The predicted molar refractivity (Wildman–Crippen MR) is 111 cm³/mol. The molecule has 30 heavy (non-hydrogen) atoms. The summed E-state index contributed by atoms with van der Waals surface area (Å²) < 4.78 is 18.6. The van der Waals surface area contributed by atoms with Gasteiger partial charge in [-0.3, -0.25) is 10.00 Å². The molecule has 0 unspecified atom stereocenters. The highest BCUT2D eigenvalue weighted by molar-refractivity contribution is 5.91. The molecule has 0 spiro atoms. The summed E-state index contributed by atoms with van der Waals surface area (Å²) in [4.78, 5) is 18.8. The lowest BCUT2D eigenvalue weighted by Gasteiger charge is -2.25. The maximum Gasteiger partial charge on any atom is 0.323 e. The minimum Gasteiger partial charge on any atom is -0.494 e. The van der Waals surface area contributed by atoms with Gasteiger partial charge in [-0.15, -0.1) is 0 Å². The van der Waals surface area contributed by atoms with E-state index in [0.717, 1.165) is 11.1 Å². The number of aromatic amines is 1. The Kier molecular flexibility index (Phi) is 6.97. The SMILES string of the molecule is COc1cc(CNC(=O)N(C[C@H](C)CO)c2ccc(-c3cn[nH]c3)cn2)ccc1F. The Bertz CT molecular complexity index is 963. The maximum absolute atomic E-state index is 13.6.